The van der Waals surface area contributed by atoms with Gasteiger partial charge in [0.25, 0.3) is 0 Å². The molecule has 1 N–H and O–H groups in total. The molecule has 112 valence electrons. The Labute approximate surface area is 126 Å². The molecule has 3 nitrogen and oxygen atoms in total. The Morgan fingerprint density at radius 1 is 1.16 bits per heavy atom. The van der Waals surface area contributed by atoms with Crippen molar-refractivity contribution in [2.24, 2.45) is 0 Å². The lowest BCUT2D eigenvalue weighted by atomic mass is 9.92. The van der Waals surface area contributed by atoms with Gasteiger partial charge in [0, 0.05) is 25.0 Å². The van der Waals surface area contributed by atoms with Gasteiger partial charge >= 0.3 is 0 Å². The summed E-state index contributed by atoms with van der Waals surface area (Å²) < 4.78 is 5.37. The highest BCUT2D eigenvalue weighted by molar-refractivity contribution is 9.09. The van der Waals surface area contributed by atoms with Crippen LogP contribution in [0.1, 0.15) is 64.7 Å². The largest absolute Gasteiger partial charge is 0.381 e. The second kappa shape index (κ2) is 9.76. The zero-order valence-corrected chi connectivity index (χ0v) is 13.8. The summed E-state index contributed by atoms with van der Waals surface area (Å²) in [5.41, 5.74) is -0.0719. The van der Waals surface area contributed by atoms with Crippen molar-refractivity contribution >= 4 is 21.8 Å². The first-order valence-electron chi connectivity index (χ1n) is 7.67. The molecule has 0 aliphatic carbocycles. The summed E-state index contributed by atoms with van der Waals surface area (Å²) in [4.78, 5) is 12.0. The quantitative estimate of drug-likeness (QED) is 0.514. The van der Waals surface area contributed by atoms with Crippen LogP contribution in [0.15, 0.2) is 0 Å². The molecule has 0 aromatic carbocycles. The molecular weight excluding hydrogens is 306 g/mol. The third-order valence-electron chi connectivity index (χ3n) is 3.87. The standard InChI is InChI=1S/C15H28BrNO2/c1-2-3-4-5-6-7-8-14(18)17-15(13-16)9-11-19-12-10-15/h2-13H2,1H3,(H,17,18). The predicted octanol–water partition coefficient (Wildman–Crippen LogP) is 3.80. The van der Waals surface area contributed by atoms with Crippen molar-refractivity contribution in [2.75, 3.05) is 18.5 Å². The molecule has 19 heavy (non-hydrogen) atoms. The van der Waals surface area contributed by atoms with Crippen molar-refractivity contribution < 1.29 is 9.53 Å². The minimum Gasteiger partial charge on any atom is -0.381 e. The molecule has 0 radical (unpaired) electrons. The number of alkyl halides is 1. The normalized spacial score (nSPS) is 18.2. The van der Waals surface area contributed by atoms with Gasteiger partial charge in [-0.05, 0) is 19.3 Å². The number of carbonyl (C=O) groups is 1. The Hall–Kier alpha value is -0.0900. The van der Waals surface area contributed by atoms with Crippen LogP contribution in [-0.2, 0) is 9.53 Å². The summed E-state index contributed by atoms with van der Waals surface area (Å²) in [7, 11) is 0. The molecule has 0 saturated carbocycles. The number of nitrogens with one attached hydrogen (secondary N) is 1. The lowest BCUT2D eigenvalue weighted by molar-refractivity contribution is -0.124. The van der Waals surface area contributed by atoms with Gasteiger partial charge < -0.3 is 10.1 Å². The number of amides is 1. The average molecular weight is 334 g/mol. The maximum atomic E-state index is 12.0. The van der Waals surface area contributed by atoms with Crippen LogP contribution in [0.4, 0.5) is 0 Å². The average Bonchev–Trinajstić information content (AvgIpc) is 2.43. The van der Waals surface area contributed by atoms with Crippen LogP contribution in [-0.4, -0.2) is 30.0 Å². The molecule has 1 saturated heterocycles. The smallest absolute Gasteiger partial charge is 0.220 e. The highest BCUT2D eigenvalue weighted by Gasteiger charge is 2.32. The first kappa shape index (κ1) is 17.0. The molecule has 0 atom stereocenters. The number of hydrogen-bond donors (Lipinski definition) is 1. The maximum Gasteiger partial charge on any atom is 0.220 e. The van der Waals surface area contributed by atoms with E-state index in [1.165, 1.54) is 32.1 Å². The molecule has 0 aromatic rings. The SMILES string of the molecule is CCCCCCCCC(=O)NC1(CBr)CCOCC1. The topological polar surface area (TPSA) is 38.3 Å². The Balaban J connectivity index is 2.15. The minimum absolute atomic E-state index is 0.0719. The van der Waals surface area contributed by atoms with Crippen molar-refractivity contribution in [1.29, 1.82) is 0 Å². The molecular formula is C15H28BrNO2. The van der Waals surface area contributed by atoms with Crippen LogP contribution >= 0.6 is 15.9 Å². The van der Waals surface area contributed by atoms with Crippen LogP contribution in [0.2, 0.25) is 0 Å². The highest BCUT2D eigenvalue weighted by atomic mass is 79.9. The van der Waals surface area contributed by atoms with Crippen molar-refractivity contribution in [3.63, 3.8) is 0 Å². The summed E-state index contributed by atoms with van der Waals surface area (Å²) in [5.74, 6) is 0.205. The van der Waals surface area contributed by atoms with Crippen LogP contribution in [0, 0.1) is 0 Å². The molecule has 0 bridgehead atoms. The second-order valence-corrected chi connectivity index (χ2v) is 6.15. The van der Waals surface area contributed by atoms with E-state index in [1.54, 1.807) is 0 Å². The number of hydrogen-bond acceptors (Lipinski definition) is 2. The highest BCUT2D eigenvalue weighted by Crippen LogP contribution is 2.23. The van der Waals surface area contributed by atoms with E-state index in [-0.39, 0.29) is 11.4 Å². The molecule has 1 amide bonds. The number of halogens is 1. The van der Waals surface area contributed by atoms with Crippen molar-refractivity contribution in [3.8, 4) is 0 Å². The number of unbranched alkanes of at least 4 members (excludes halogenated alkanes) is 5. The molecule has 0 spiro atoms. The summed E-state index contributed by atoms with van der Waals surface area (Å²) in [5, 5.41) is 4.04. The minimum atomic E-state index is -0.0719. The zero-order chi connectivity index (χ0) is 14.0. The van der Waals surface area contributed by atoms with Crippen molar-refractivity contribution in [2.45, 2.75) is 70.3 Å². The van der Waals surface area contributed by atoms with Crippen LogP contribution < -0.4 is 5.32 Å². The zero-order valence-electron chi connectivity index (χ0n) is 12.2. The maximum absolute atomic E-state index is 12.0. The molecule has 1 aliphatic heterocycles. The van der Waals surface area contributed by atoms with E-state index < -0.39 is 0 Å². The lowest BCUT2D eigenvalue weighted by Crippen LogP contribution is -2.53. The molecule has 1 aliphatic rings. The van der Waals surface area contributed by atoms with Gasteiger partial charge in [-0.1, -0.05) is 55.0 Å². The molecule has 1 heterocycles. The van der Waals surface area contributed by atoms with E-state index in [4.69, 9.17) is 4.74 Å². The summed E-state index contributed by atoms with van der Waals surface area (Å²) in [6.07, 6.45) is 9.86. The van der Waals surface area contributed by atoms with Crippen LogP contribution in [0.3, 0.4) is 0 Å². The number of carbonyl (C=O) groups excluding carboxylic acids is 1. The summed E-state index contributed by atoms with van der Waals surface area (Å²) >= 11 is 3.54. The van der Waals surface area contributed by atoms with Gasteiger partial charge in [-0.15, -0.1) is 0 Å². The van der Waals surface area contributed by atoms with E-state index in [9.17, 15) is 4.79 Å². The van der Waals surface area contributed by atoms with Gasteiger partial charge in [0.1, 0.15) is 0 Å². The van der Waals surface area contributed by atoms with Gasteiger partial charge in [-0.2, -0.15) is 0 Å². The van der Waals surface area contributed by atoms with Crippen LogP contribution in [0.5, 0.6) is 0 Å². The van der Waals surface area contributed by atoms with E-state index in [1.807, 2.05) is 0 Å². The molecule has 0 aromatic heterocycles. The number of ether oxygens (including phenoxy) is 1. The predicted molar refractivity (Wildman–Crippen MR) is 82.7 cm³/mol. The Bertz CT molecular complexity index is 253. The third-order valence-corrected chi connectivity index (χ3v) is 4.94. The molecule has 4 heteroatoms. The van der Waals surface area contributed by atoms with Crippen molar-refractivity contribution in [1.82, 2.24) is 5.32 Å². The van der Waals surface area contributed by atoms with Crippen molar-refractivity contribution in [3.05, 3.63) is 0 Å². The monoisotopic (exact) mass is 333 g/mol. The number of rotatable bonds is 9. The first-order valence-corrected chi connectivity index (χ1v) is 8.79. The Morgan fingerprint density at radius 3 is 2.42 bits per heavy atom. The summed E-state index contributed by atoms with van der Waals surface area (Å²) in [6.45, 7) is 3.73. The lowest BCUT2D eigenvalue weighted by Gasteiger charge is -2.36. The second-order valence-electron chi connectivity index (χ2n) is 5.59. The first-order chi connectivity index (χ1) is 9.22. The fourth-order valence-corrected chi connectivity index (χ4v) is 3.18. The van der Waals surface area contributed by atoms with E-state index in [0.29, 0.717) is 6.42 Å². The Morgan fingerprint density at radius 2 is 1.79 bits per heavy atom. The van der Waals surface area contributed by atoms with Crippen LogP contribution in [0.25, 0.3) is 0 Å². The van der Waals surface area contributed by atoms with Gasteiger partial charge in [0.05, 0.1) is 5.54 Å². The van der Waals surface area contributed by atoms with Gasteiger partial charge in [-0.3, -0.25) is 4.79 Å². The molecule has 0 unspecified atom stereocenters. The fraction of sp³-hybridized carbons (Fsp3) is 0.933. The van der Waals surface area contributed by atoms with E-state index >= 15 is 0 Å². The summed E-state index contributed by atoms with van der Waals surface area (Å²) in [6, 6.07) is 0. The third kappa shape index (κ3) is 6.75. The molecule has 1 fully saturated rings. The van der Waals surface area contributed by atoms with Gasteiger partial charge in [0.15, 0.2) is 0 Å². The van der Waals surface area contributed by atoms with Gasteiger partial charge in [-0.25, -0.2) is 0 Å². The van der Waals surface area contributed by atoms with E-state index in [2.05, 4.69) is 28.2 Å². The molecule has 1 rings (SSSR count). The fourth-order valence-electron chi connectivity index (χ4n) is 2.48. The van der Waals surface area contributed by atoms with Gasteiger partial charge in [0.2, 0.25) is 5.91 Å². The Kier molecular flexibility index (Phi) is 8.71. The van der Waals surface area contributed by atoms with E-state index in [0.717, 1.165) is 37.8 Å².